The topological polar surface area (TPSA) is 93.7 Å². The molecular weight excluding hydrogens is 383 g/mol. The minimum absolute atomic E-state index is 0.0675. The van der Waals surface area contributed by atoms with E-state index in [1.807, 2.05) is 13.8 Å². The van der Waals surface area contributed by atoms with Crippen LogP contribution in [0.15, 0.2) is 18.2 Å². The van der Waals surface area contributed by atoms with Crippen LogP contribution in [-0.2, 0) is 14.3 Å². The molecule has 0 saturated heterocycles. The number of esters is 1. The zero-order valence-electron chi connectivity index (χ0n) is 14.6. The summed E-state index contributed by atoms with van der Waals surface area (Å²) in [6, 6.07) is 4.22. The number of amides is 3. The molecule has 0 heterocycles. The Kier molecular flexibility index (Phi) is 9.83. The van der Waals surface area contributed by atoms with Crippen molar-refractivity contribution in [1.82, 2.24) is 10.6 Å². The molecular formula is C17H22Cl2N2O5. The van der Waals surface area contributed by atoms with Crippen LogP contribution in [0.25, 0.3) is 0 Å². The normalized spacial score (nSPS) is 10.3. The summed E-state index contributed by atoms with van der Waals surface area (Å²) in [5.41, 5.74) is 0. The number of hydrogen-bond donors (Lipinski definition) is 2. The molecule has 0 saturated carbocycles. The fourth-order valence-electron chi connectivity index (χ4n) is 1.71. The zero-order chi connectivity index (χ0) is 19.5. The number of carbonyl (C=O) groups is 3. The van der Waals surface area contributed by atoms with Gasteiger partial charge in [0.15, 0.2) is 6.61 Å². The van der Waals surface area contributed by atoms with Gasteiger partial charge in [-0.3, -0.25) is 14.9 Å². The second-order valence-electron chi connectivity index (χ2n) is 5.84. The van der Waals surface area contributed by atoms with Gasteiger partial charge < -0.3 is 14.8 Å². The van der Waals surface area contributed by atoms with Gasteiger partial charge in [-0.05, 0) is 30.5 Å². The second-order valence-corrected chi connectivity index (χ2v) is 6.68. The molecule has 144 valence electrons. The molecule has 0 bridgehead atoms. The molecule has 1 aromatic rings. The highest BCUT2D eigenvalue weighted by molar-refractivity contribution is 6.35. The lowest BCUT2D eigenvalue weighted by molar-refractivity contribution is -0.148. The lowest BCUT2D eigenvalue weighted by atomic mass is 10.2. The van der Waals surface area contributed by atoms with Crippen LogP contribution in [0.2, 0.25) is 10.0 Å². The van der Waals surface area contributed by atoms with Crippen molar-refractivity contribution in [2.24, 2.45) is 5.92 Å². The third-order valence-corrected chi connectivity index (χ3v) is 3.50. The van der Waals surface area contributed by atoms with Crippen LogP contribution in [0.4, 0.5) is 4.79 Å². The van der Waals surface area contributed by atoms with Gasteiger partial charge in [-0.1, -0.05) is 37.0 Å². The third kappa shape index (κ3) is 9.48. The van der Waals surface area contributed by atoms with Gasteiger partial charge in [-0.2, -0.15) is 0 Å². The van der Waals surface area contributed by atoms with Gasteiger partial charge in [-0.25, -0.2) is 4.79 Å². The van der Waals surface area contributed by atoms with E-state index in [-0.39, 0.29) is 18.9 Å². The smallest absolute Gasteiger partial charge is 0.321 e. The molecule has 0 unspecified atom stereocenters. The maximum atomic E-state index is 11.6. The van der Waals surface area contributed by atoms with Crippen molar-refractivity contribution in [3.05, 3.63) is 28.2 Å². The molecule has 3 amide bonds. The van der Waals surface area contributed by atoms with Gasteiger partial charge in [0, 0.05) is 18.0 Å². The highest BCUT2D eigenvalue weighted by Crippen LogP contribution is 2.27. The fourth-order valence-corrected chi connectivity index (χ4v) is 2.18. The molecule has 1 aromatic carbocycles. The van der Waals surface area contributed by atoms with E-state index in [0.717, 1.165) is 0 Å². The minimum Gasteiger partial charge on any atom is -0.492 e. The molecule has 2 N–H and O–H groups in total. The first-order valence-corrected chi connectivity index (χ1v) is 8.84. The molecule has 9 heteroatoms. The van der Waals surface area contributed by atoms with Crippen molar-refractivity contribution in [1.29, 1.82) is 0 Å². The number of urea groups is 1. The van der Waals surface area contributed by atoms with Gasteiger partial charge in [0.05, 0.1) is 11.6 Å². The van der Waals surface area contributed by atoms with Crippen molar-refractivity contribution in [3.8, 4) is 5.75 Å². The summed E-state index contributed by atoms with van der Waals surface area (Å²) in [6.45, 7) is 4.03. The number of halogens is 2. The van der Waals surface area contributed by atoms with E-state index < -0.39 is 24.5 Å². The van der Waals surface area contributed by atoms with E-state index in [1.165, 1.54) is 0 Å². The molecule has 0 fully saturated rings. The van der Waals surface area contributed by atoms with Crippen LogP contribution < -0.4 is 15.4 Å². The molecule has 26 heavy (non-hydrogen) atoms. The van der Waals surface area contributed by atoms with E-state index in [2.05, 4.69) is 10.6 Å². The minimum atomic E-state index is -0.691. The van der Waals surface area contributed by atoms with E-state index in [9.17, 15) is 14.4 Å². The van der Waals surface area contributed by atoms with Crippen LogP contribution in [0.5, 0.6) is 5.75 Å². The van der Waals surface area contributed by atoms with Crippen molar-refractivity contribution in [2.45, 2.75) is 26.7 Å². The van der Waals surface area contributed by atoms with E-state index in [1.54, 1.807) is 18.2 Å². The molecule has 7 nitrogen and oxygen atoms in total. The Bertz CT molecular complexity index is 638. The largest absolute Gasteiger partial charge is 0.492 e. The summed E-state index contributed by atoms with van der Waals surface area (Å²) in [5.74, 6) is -0.521. The first kappa shape index (κ1) is 22.1. The predicted octanol–water partition coefficient (Wildman–Crippen LogP) is 3.18. The monoisotopic (exact) mass is 404 g/mol. The van der Waals surface area contributed by atoms with Crippen molar-refractivity contribution >= 4 is 41.1 Å². The highest BCUT2D eigenvalue weighted by Gasteiger charge is 2.11. The molecule has 1 rings (SSSR count). The lowest BCUT2D eigenvalue weighted by Crippen LogP contribution is -2.42. The number of hydrogen-bond acceptors (Lipinski definition) is 5. The number of nitrogens with one attached hydrogen (secondary N) is 2. The molecule has 0 spiro atoms. The van der Waals surface area contributed by atoms with Gasteiger partial charge >= 0.3 is 12.0 Å². The number of rotatable bonds is 9. The highest BCUT2D eigenvalue weighted by atomic mass is 35.5. The third-order valence-electron chi connectivity index (χ3n) is 2.96. The molecule has 0 atom stereocenters. The van der Waals surface area contributed by atoms with Crippen molar-refractivity contribution < 1.29 is 23.9 Å². The zero-order valence-corrected chi connectivity index (χ0v) is 16.2. The summed E-state index contributed by atoms with van der Waals surface area (Å²) in [5, 5.41) is 5.48. The molecule has 0 aliphatic carbocycles. The Morgan fingerprint density at radius 2 is 1.92 bits per heavy atom. The standard InChI is InChI=1S/C17H22Cl2N2O5/c1-11(2)9-20-17(24)21-15(22)10-26-16(23)4-3-7-25-14-6-5-12(18)8-13(14)19/h5-6,8,11H,3-4,7,9-10H2,1-2H3,(H2,20,21,22,24). The summed E-state index contributed by atoms with van der Waals surface area (Å²) in [4.78, 5) is 34.4. The summed E-state index contributed by atoms with van der Waals surface area (Å²) in [7, 11) is 0. The van der Waals surface area contributed by atoms with Crippen LogP contribution in [-0.4, -0.2) is 37.7 Å². The van der Waals surface area contributed by atoms with Crippen LogP contribution >= 0.6 is 23.2 Å². The average Bonchev–Trinajstić information content (AvgIpc) is 2.56. The van der Waals surface area contributed by atoms with E-state index in [0.29, 0.717) is 28.8 Å². The quantitative estimate of drug-likeness (QED) is 0.486. The van der Waals surface area contributed by atoms with Crippen LogP contribution in [0.1, 0.15) is 26.7 Å². The maximum Gasteiger partial charge on any atom is 0.321 e. The average molecular weight is 405 g/mol. The van der Waals surface area contributed by atoms with Crippen LogP contribution in [0.3, 0.4) is 0 Å². The fraction of sp³-hybridized carbons (Fsp3) is 0.471. The summed E-state index contributed by atoms with van der Waals surface area (Å²) >= 11 is 11.7. The first-order valence-electron chi connectivity index (χ1n) is 8.09. The van der Waals surface area contributed by atoms with Gasteiger partial charge in [0.1, 0.15) is 5.75 Å². The maximum absolute atomic E-state index is 11.6. The number of benzene rings is 1. The Balaban J connectivity index is 2.16. The molecule has 0 aliphatic heterocycles. The summed E-state index contributed by atoms with van der Waals surface area (Å²) < 4.78 is 10.2. The van der Waals surface area contributed by atoms with Gasteiger partial charge in [0.25, 0.3) is 5.91 Å². The molecule has 0 aromatic heterocycles. The van der Waals surface area contributed by atoms with Crippen molar-refractivity contribution in [3.63, 3.8) is 0 Å². The van der Waals surface area contributed by atoms with Gasteiger partial charge in [-0.15, -0.1) is 0 Å². The second kappa shape index (κ2) is 11.6. The number of carbonyl (C=O) groups excluding carboxylic acids is 3. The van der Waals surface area contributed by atoms with Crippen molar-refractivity contribution in [2.75, 3.05) is 19.8 Å². The van der Waals surface area contributed by atoms with Crippen LogP contribution in [0, 0.1) is 5.92 Å². The predicted molar refractivity (Wildman–Crippen MR) is 98.5 cm³/mol. The van der Waals surface area contributed by atoms with E-state index in [4.69, 9.17) is 32.7 Å². The van der Waals surface area contributed by atoms with Gasteiger partial charge in [0.2, 0.25) is 0 Å². The lowest BCUT2D eigenvalue weighted by Gasteiger charge is -2.09. The Morgan fingerprint density at radius 3 is 2.58 bits per heavy atom. The summed E-state index contributed by atoms with van der Waals surface area (Å²) in [6.07, 6.45) is 0.451. The van der Waals surface area contributed by atoms with E-state index >= 15 is 0 Å². The Morgan fingerprint density at radius 1 is 1.19 bits per heavy atom. The molecule has 0 aliphatic rings. The Labute approximate surface area is 162 Å². The number of imide groups is 1. The molecule has 0 radical (unpaired) electrons. The number of ether oxygens (including phenoxy) is 2. The Hall–Kier alpha value is -1.99. The first-order chi connectivity index (χ1) is 12.3. The SMILES string of the molecule is CC(C)CNC(=O)NC(=O)COC(=O)CCCOc1ccc(Cl)cc1Cl.